The van der Waals surface area contributed by atoms with Crippen LogP contribution in [0.4, 0.5) is 0 Å². The minimum Gasteiger partial charge on any atom is -0.338 e. The summed E-state index contributed by atoms with van der Waals surface area (Å²) in [6, 6.07) is 10.4. The second-order valence-electron chi connectivity index (χ2n) is 5.71. The zero-order valence-electron chi connectivity index (χ0n) is 12.8. The van der Waals surface area contributed by atoms with Crippen molar-refractivity contribution in [3.8, 4) is 0 Å². The Morgan fingerprint density at radius 3 is 2.74 bits per heavy atom. The number of nitrogens with zero attached hydrogens (tertiary/aromatic N) is 5. The predicted molar refractivity (Wildman–Crippen MR) is 86.1 cm³/mol. The summed E-state index contributed by atoms with van der Waals surface area (Å²) in [6.07, 6.45) is 2.42. The Morgan fingerprint density at radius 2 is 2.04 bits per heavy atom. The molecule has 2 heterocycles. The van der Waals surface area contributed by atoms with E-state index in [4.69, 9.17) is 4.52 Å². The minimum absolute atomic E-state index is 0.561. The molecule has 1 aromatic carbocycles. The highest BCUT2D eigenvalue weighted by molar-refractivity contribution is 7.98. The van der Waals surface area contributed by atoms with E-state index in [1.807, 2.05) is 13.0 Å². The number of hydrogen-bond acceptors (Lipinski definition) is 6. The van der Waals surface area contributed by atoms with Gasteiger partial charge in [0.2, 0.25) is 5.89 Å². The normalized spacial score (nSPS) is 14.3. The summed E-state index contributed by atoms with van der Waals surface area (Å²) in [5.74, 6) is 3.54. The average molecular weight is 327 g/mol. The van der Waals surface area contributed by atoms with Crippen LogP contribution in [0.3, 0.4) is 0 Å². The van der Waals surface area contributed by atoms with Crippen molar-refractivity contribution >= 4 is 11.8 Å². The second kappa shape index (κ2) is 6.16. The molecule has 2 aromatic heterocycles. The van der Waals surface area contributed by atoms with Gasteiger partial charge in [-0.15, -0.1) is 10.2 Å². The topological polar surface area (TPSA) is 69.6 Å². The Labute approximate surface area is 138 Å². The third-order valence-electron chi connectivity index (χ3n) is 3.77. The summed E-state index contributed by atoms with van der Waals surface area (Å²) < 4.78 is 7.39. The van der Waals surface area contributed by atoms with Gasteiger partial charge in [-0.3, -0.25) is 0 Å². The molecular weight excluding hydrogens is 310 g/mol. The quantitative estimate of drug-likeness (QED) is 0.648. The smallest absolute Gasteiger partial charge is 0.237 e. The second-order valence-corrected chi connectivity index (χ2v) is 6.65. The lowest BCUT2D eigenvalue weighted by atomic mass is 10.2. The molecule has 1 aliphatic carbocycles. The lowest BCUT2D eigenvalue weighted by molar-refractivity contribution is 0.387. The Morgan fingerprint density at radius 1 is 1.22 bits per heavy atom. The maximum Gasteiger partial charge on any atom is 0.237 e. The van der Waals surface area contributed by atoms with Crippen LogP contribution in [0, 0.1) is 6.92 Å². The molecule has 0 spiro atoms. The maximum absolute atomic E-state index is 5.17. The Bertz CT molecular complexity index is 794. The third kappa shape index (κ3) is 3.29. The summed E-state index contributed by atoms with van der Waals surface area (Å²) in [7, 11) is 0. The fraction of sp³-hybridized carbons (Fsp3) is 0.375. The van der Waals surface area contributed by atoms with E-state index in [1.165, 1.54) is 18.4 Å². The molecule has 0 bridgehead atoms. The van der Waals surface area contributed by atoms with Crippen molar-refractivity contribution in [1.82, 2.24) is 24.9 Å². The molecule has 118 valence electrons. The van der Waals surface area contributed by atoms with Crippen LogP contribution < -0.4 is 0 Å². The van der Waals surface area contributed by atoms with Crippen molar-refractivity contribution in [2.75, 3.05) is 0 Å². The molecule has 0 saturated heterocycles. The molecule has 1 aliphatic rings. The highest BCUT2D eigenvalue weighted by Gasteiger charge is 2.30. The van der Waals surface area contributed by atoms with Crippen LogP contribution in [0.1, 0.15) is 41.9 Å². The minimum atomic E-state index is 0.561. The number of thioether (sulfide) groups is 1. The van der Waals surface area contributed by atoms with E-state index in [1.54, 1.807) is 11.8 Å². The number of hydrogen-bond donors (Lipinski definition) is 0. The molecular formula is C16H17N5OS. The van der Waals surface area contributed by atoms with Gasteiger partial charge >= 0.3 is 0 Å². The summed E-state index contributed by atoms with van der Waals surface area (Å²) in [6.45, 7) is 2.62. The van der Waals surface area contributed by atoms with E-state index in [0.29, 0.717) is 23.4 Å². The van der Waals surface area contributed by atoms with Crippen LogP contribution in [0.5, 0.6) is 0 Å². The van der Waals surface area contributed by atoms with Gasteiger partial charge in [-0.05, 0) is 25.3 Å². The van der Waals surface area contributed by atoms with E-state index < -0.39 is 0 Å². The van der Waals surface area contributed by atoms with Gasteiger partial charge in [0.05, 0.1) is 12.3 Å². The van der Waals surface area contributed by atoms with Crippen molar-refractivity contribution in [3.63, 3.8) is 0 Å². The summed E-state index contributed by atoms with van der Waals surface area (Å²) in [4.78, 5) is 4.24. The van der Waals surface area contributed by atoms with Gasteiger partial charge in [-0.25, -0.2) is 0 Å². The van der Waals surface area contributed by atoms with Crippen LogP contribution in [0.25, 0.3) is 0 Å². The summed E-state index contributed by atoms with van der Waals surface area (Å²) in [5, 5.41) is 13.5. The standard InChI is InChI=1S/C16H17N5OS/c1-11-17-14(22-20-11)10-23-16-19-18-15(13-7-8-13)21(16)9-12-5-3-2-4-6-12/h2-6,13H,7-10H2,1H3. The van der Waals surface area contributed by atoms with Crippen molar-refractivity contribution in [2.45, 2.75) is 43.1 Å². The fourth-order valence-electron chi connectivity index (χ4n) is 2.49. The molecule has 0 radical (unpaired) electrons. The maximum atomic E-state index is 5.17. The van der Waals surface area contributed by atoms with Gasteiger partial charge in [0.15, 0.2) is 11.0 Å². The first-order valence-corrected chi connectivity index (χ1v) is 8.67. The first kappa shape index (κ1) is 14.4. The van der Waals surface area contributed by atoms with Crippen LogP contribution >= 0.6 is 11.8 Å². The summed E-state index contributed by atoms with van der Waals surface area (Å²) in [5.41, 5.74) is 1.25. The lowest BCUT2D eigenvalue weighted by Crippen LogP contribution is -2.06. The number of benzene rings is 1. The fourth-order valence-corrected chi connectivity index (χ4v) is 3.27. The predicted octanol–water partition coefficient (Wildman–Crippen LogP) is 3.19. The first-order valence-electron chi connectivity index (χ1n) is 7.68. The van der Waals surface area contributed by atoms with Crippen LogP contribution in [0.2, 0.25) is 0 Å². The number of aromatic nitrogens is 5. The van der Waals surface area contributed by atoms with E-state index in [2.05, 4.69) is 49.2 Å². The molecule has 3 aromatic rings. The Balaban J connectivity index is 1.56. The van der Waals surface area contributed by atoms with E-state index in [0.717, 1.165) is 17.5 Å². The molecule has 1 fully saturated rings. The van der Waals surface area contributed by atoms with Gasteiger partial charge in [0.25, 0.3) is 0 Å². The van der Waals surface area contributed by atoms with Crippen LogP contribution in [-0.2, 0) is 12.3 Å². The SMILES string of the molecule is Cc1noc(CSc2nnc(C3CC3)n2Cc2ccccc2)n1. The van der Waals surface area contributed by atoms with Crippen LogP contribution in [-0.4, -0.2) is 24.9 Å². The van der Waals surface area contributed by atoms with Crippen molar-refractivity contribution in [1.29, 1.82) is 0 Å². The molecule has 0 aliphatic heterocycles. The zero-order valence-corrected chi connectivity index (χ0v) is 13.7. The van der Waals surface area contributed by atoms with Crippen molar-refractivity contribution < 1.29 is 4.52 Å². The van der Waals surface area contributed by atoms with Crippen LogP contribution in [0.15, 0.2) is 40.0 Å². The van der Waals surface area contributed by atoms with Crippen molar-refractivity contribution in [3.05, 3.63) is 53.4 Å². The molecule has 4 rings (SSSR count). The largest absolute Gasteiger partial charge is 0.338 e. The zero-order chi connectivity index (χ0) is 15.6. The molecule has 23 heavy (non-hydrogen) atoms. The van der Waals surface area contributed by atoms with Gasteiger partial charge in [0.1, 0.15) is 5.82 Å². The Hall–Kier alpha value is -2.15. The van der Waals surface area contributed by atoms with Gasteiger partial charge in [0, 0.05) is 5.92 Å². The molecule has 0 unspecified atom stereocenters. The third-order valence-corrected chi connectivity index (χ3v) is 4.72. The molecule has 0 atom stereocenters. The molecule has 7 heteroatoms. The Kier molecular flexibility index (Phi) is 3.87. The molecule has 0 N–H and O–H groups in total. The average Bonchev–Trinajstić information content (AvgIpc) is 3.21. The van der Waals surface area contributed by atoms with Gasteiger partial charge < -0.3 is 9.09 Å². The molecule has 1 saturated carbocycles. The molecule has 0 amide bonds. The van der Waals surface area contributed by atoms with Gasteiger partial charge in [-0.1, -0.05) is 47.3 Å². The first-order chi connectivity index (χ1) is 11.3. The highest BCUT2D eigenvalue weighted by atomic mass is 32.2. The van der Waals surface area contributed by atoms with E-state index in [9.17, 15) is 0 Å². The monoisotopic (exact) mass is 327 g/mol. The highest BCUT2D eigenvalue weighted by Crippen LogP contribution is 2.40. The number of rotatable bonds is 6. The van der Waals surface area contributed by atoms with Crippen molar-refractivity contribution in [2.24, 2.45) is 0 Å². The van der Waals surface area contributed by atoms with E-state index >= 15 is 0 Å². The molecule has 6 nitrogen and oxygen atoms in total. The number of aryl methyl sites for hydroxylation is 1. The van der Waals surface area contributed by atoms with Gasteiger partial charge in [-0.2, -0.15) is 4.98 Å². The lowest BCUT2D eigenvalue weighted by Gasteiger charge is -2.09. The summed E-state index contributed by atoms with van der Waals surface area (Å²) >= 11 is 1.59. The van der Waals surface area contributed by atoms with E-state index in [-0.39, 0.29) is 0 Å².